The van der Waals surface area contributed by atoms with E-state index in [1.54, 1.807) is 6.07 Å². The number of rotatable bonds is 7. The van der Waals surface area contributed by atoms with Crippen molar-refractivity contribution in [1.82, 2.24) is 15.5 Å². The van der Waals surface area contributed by atoms with Crippen LogP contribution in [0.25, 0.3) is 0 Å². The van der Waals surface area contributed by atoms with Gasteiger partial charge in [0, 0.05) is 32.2 Å². The average Bonchev–Trinajstić information content (AvgIpc) is 2.74. The minimum Gasteiger partial charge on any atom is -0.494 e. The molecule has 0 bridgehead atoms. The maximum atomic E-state index is 13.9. The van der Waals surface area contributed by atoms with Crippen LogP contribution in [0.1, 0.15) is 30.9 Å². The highest BCUT2D eigenvalue weighted by Crippen LogP contribution is 2.18. The topological polar surface area (TPSA) is 48.9 Å². The van der Waals surface area contributed by atoms with Crippen molar-refractivity contribution in [2.24, 2.45) is 4.99 Å². The van der Waals surface area contributed by atoms with Crippen LogP contribution in [0, 0.1) is 5.82 Å². The number of hydrogen-bond donors (Lipinski definition) is 2. The van der Waals surface area contributed by atoms with Gasteiger partial charge < -0.3 is 15.4 Å². The molecule has 3 rings (SSSR count). The zero-order valence-corrected chi connectivity index (χ0v) is 20.1. The summed E-state index contributed by atoms with van der Waals surface area (Å²) < 4.78 is 18.9. The van der Waals surface area contributed by atoms with Crippen molar-refractivity contribution in [3.63, 3.8) is 0 Å². The molecule has 0 saturated carbocycles. The van der Waals surface area contributed by atoms with E-state index in [0.717, 1.165) is 50.5 Å². The molecule has 7 heteroatoms. The van der Waals surface area contributed by atoms with Crippen LogP contribution in [0.2, 0.25) is 0 Å². The molecule has 1 saturated heterocycles. The van der Waals surface area contributed by atoms with Gasteiger partial charge in [0.15, 0.2) is 17.5 Å². The molecule has 0 aliphatic carbocycles. The zero-order chi connectivity index (χ0) is 20.5. The van der Waals surface area contributed by atoms with E-state index >= 15 is 0 Å². The molecule has 0 amide bonds. The molecule has 0 spiro atoms. The number of piperidine rings is 1. The average molecular weight is 526 g/mol. The van der Waals surface area contributed by atoms with Crippen molar-refractivity contribution in [2.75, 3.05) is 26.7 Å². The highest BCUT2D eigenvalue weighted by molar-refractivity contribution is 14.0. The van der Waals surface area contributed by atoms with Gasteiger partial charge in [0.05, 0.1) is 13.7 Å². The van der Waals surface area contributed by atoms with Crippen molar-refractivity contribution in [2.45, 2.75) is 38.9 Å². The van der Waals surface area contributed by atoms with Crippen LogP contribution < -0.4 is 15.4 Å². The second-order valence-corrected chi connectivity index (χ2v) is 7.34. The molecular formula is C23H32FIN4O. The smallest absolute Gasteiger partial charge is 0.191 e. The van der Waals surface area contributed by atoms with Crippen molar-refractivity contribution in [3.05, 3.63) is 65.5 Å². The molecule has 2 aromatic carbocycles. The number of halogens is 2. The predicted molar refractivity (Wildman–Crippen MR) is 131 cm³/mol. The molecule has 0 aromatic heterocycles. The van der Waals surface area contributed by atoms with Crippen LogP contribution in [0.5, 0.6) is 5.75 Å². The Morgan fingerprint density at radius 3 is 2.50 bits per heavy atom. The lowest BCUT2D eigenvalue weighted by atomic mass is 10.0. The Morgan fingerprint density at radius 1 is 1.13 bits per heavy atom. The highest BCUT2D eigenvalue weighted by Gasteiger charge is 2.20. The number of likely N-dealkylation sites (tertiary alicyclic amines) is 1. The van der Waals surface area contributed by atoms with Gasteiger partial charge >= 0.3 is 0 Å². The summed E-state index contributed by atoms with van der Waals surface area (Å²) in [4.78, 5) is 7.13. The first kappa shape index (κ1) is 24.4. The van der Waals surface area contributed by atoms with Crippen LogP contribution in [-0.2, 0) is 13.1 Å². The largest absolute Gasteiger partial charge is 0.494 e. The number of methoxy groups -OCH3 is 1. The number of guanidine groups is 1. The zero-order valence-electron chi connectivity index (χ0n) is 17.7. The van der Waals surface area contributed by atoms with E-state index < -0.39 is 0 Å². The second-order valence-electron chi connectivity index (χ2n) is 7.34. The first-order valence-electron chi connectivity index (χ1n) is 10.3. The van der Waals surface area contributed by atoms with E-state index in [4.69, 9.17) is 4.74 Å². The van der Waals surface area contributed by atoms with Crippen molar-refractivity contribution in [1.29, 1.82) is 0 Å². The summed E-state index contributed by atoms with van der Waals surface area (Å²) in [5.41, 5.74) is 2.18. The normalized spacial score (nSPS) is 15.4. The molecule has 1 aliphatic heterocycles. The highest BCUT2D eigenvalue weighted by atomic mass is 127. The fourth-order valence-electron chi connectivity index (χ4n) is 3.57. The molecule has 5 nitrogen and oxygen atoms in total. The van der Waals surface area contributed by atoms with Gasteiger partial charge in [-0.05, 0) is 43.0 Å². The van der Waals surface area contributed by atoms with E-state index in [2.05, 4.69) is 50.9 Å². The van der Waals surface area contributed by atoms with Gasteiger partial charge in [-0.3, -0.25) is 4.90 Å². The third kappa shape index (κ3) is 7.43. The monoisotopic (exact) mass is 526 g/mol. The number of ether oxygens (including phenoxy) is 1. The number of nitrogens with zero attached hydrogens (tertiary/aromatic N) is 2. The Bertz CT molecular complexity index is 795. The molecular weight excluding hydrogens is 494 g/mol. The minimum atomic E-state index is -0.357. The summed E-state index contributed by atoms with van der Waals surface area (Å²) in [5, 5.41) is 6.84. The first-order chi connectivity index (χ1) is 14.2. The van der Waals surface area contributed by atoms with Crippen molar-refractivity contribution in [3.8, 4) is 5.75 Å². The minimum absolute atomic E-state index is 0. The Morgan fingerprint density at radius 2 is 1.87 bits per heavy atom. The van der Waals surface area contributed by atoms with E-state index in [9.17, 15) is 4.39 Å². The van der Waals surface area contributed by atoms with Crippen LogP contribution >= 0.6 is 24.0 Å². The van der Waals surface area contributed by atoms with E-state index in [1.807, 2.05) is 13.0 Å². The van der Waals surface area contributed by atoms with Crippen LogP contribution in [0.3, 0.4) is 0 Å². The summed E-state index contributed by atoms with van der Waals surface area (Å²) in [7, 11) is 1.47. The second kappa shape index (κ2) is 12.7. The van der Waals surface area contributed by atoms with Gasteiger partial charge in [0.25, 0.3) is 0 Å². The third-order valence-electron chi connectivity index (χ3n) is 5.16. The molecule has 1 fully saturated rings. The first-order valence-corrected chi connectivity index (χ1v) is 10.3. The van der Waals surface area contributed by atoms with Gasteiger partial charge in [0.2, 0.25) is 0 Å². The number of hydrogen-bond acceptors (Lipinski definition) is 3. The molecule has 1 heterocycles. The third-order valence-corrected chi connectivity index (χ3v) is 5.16. The molecule has 30 heavy (non-hydrogen) atoms. The summed E-state index contributed by atoms with van der Waals surface area (Å²) >= 11 is 0. The molecule has 0 atom stereocenters. The molecule has 1 aliphatic rings. The van der Waals surface area contributed by atoms with Gasteiger partial charge in [-0.25, -0.2) is 9.38 Å². The Labute approximate surface area is 196 Å². The fraction of sp³-hybridized carbons (Fsp3) is 0.435. The van der Waals surface area contributed by atoms with Crippen molar-refractivity contribution >= 4 is 29.9 Å². The lowest BCUT2D eigenvalue weighted by molar-refractivity contribution is 0.198. The lowest BCUT2D eigenvalue weighted by Crippen LogP contribution is -2.48. The maximum Gasteiger partial charge on any atom is 0.191 e. The van der Waals surface area contributed by atoms with E-state index in [0.29, 0.717) is 12.6 Å². The number of aliphatic imine (C=N–C) groups is 1. The lowest BCUT2D eigenvalue weighted by Gasteiger charge is -2.33. The number of benzene rings is 2. The van der Waals surface area contributed by atoms with Gasteiger partial charge in [0.1, 0.15) is 0 Å². The van der Waals surface area contributed by atoms with Crippen LogP contribution in [0.4, 0.5) is 4.39 Å². The Balaban J connectivity index is 0.00000320. The molecule has 0 unspecified atom stereocenters. The number of nitrogens with one attached hydrogen (secondary N) is 2. The summed E-state index contributed by atoms with van der Waals surface area (Å²) in [6.07, 6.45) is 2.16. The van der Waals surface area contributed by atoms with Gasteiger partial charge in [-0.1, -0.05) is 36.4 Å². The van der Waals surface area contributed by atoms with E-state index in [1.165, 1.54) is 18.7 Å². The fourth-order valence-corrected chi connectivity index (χ4v) is 3.57. The Hall–Kier alpha value is -1.87. The molecule has 2 N–H and O–H groups in total. The standard InChI is InChI=1S/C23H31FN4O.HI/c1-3-25-23(26-16-19-9-10-22(29-2)21(24)15-19)27-20-11-13-28(14-12-20)17-18-7-5-4-6-8-18;/h4-10,15,20H,3,11-14,16-17H2,1-2H3,(H2,25,26,27);1H. The Kier molecular flexibility index (Phi) is 10.4. The van der Waals surface area contributed by atoms with E-state index in [-0.39, 0.29) is 35.5 Å². The molecule has 0 radical (unpaired) electrons. The van der Waals surface area contributed by atoms with Crippen LogP contribution in [0.15, 0.2) is 53.5 Å². The quantitative estimate of drug-likeness (QED) is 0.323. The van der Waals surface area contributed by atoms with Crippen molar-refractivity contribution < 1.29 is 9.13 Å². The summed E-state index contributed by atoms with van der Waals surface area (Å²) in [5.74, 6) is 0.680. The maximum absolute atomic E-state index is 13.9. The van der Waals surface area contributed by atoms with Gasteiger partial charge in [-0.2, -0.15) is 0 Å². The summed E-state index contributed by atoms with van der Waals surface area (Å²) in [6.45, 7) is 6.39. The van der Waals surface area contributed by atoms with Crippen LogP contribution in [-0.4, -0.2) is 43.6 Å². The molecule has 164 valence electrons. The molecule has 2 aromatic rings. The summed E-state index contributed by atoms with van der Waals surface area (Å²) in [6, 6.07) is 16.0. The predicted octanol–water partition coefficient (Wildman–Crippen LogP) is 4.17. The SMILES string of the molecule is CCNC(=NCc1ccc(OC)c(F)c1)NC1CCN(Cc2ccccc2)CC1.I. The van der Waals surface area contributed by atoms with Gasteiger partial charge in [-0.15, -0.1) is 24.0 Å².